The number of amides is 1. The second-order valence-corrected chi connectivity index (χ2v) is 6.74. The number of fused-ring (bicyclic) bond motifs is 1. The van der Waals surface area contributed by atoms with E-state index < -0.39 is 23.2 Å². The maximum atomic E-state index is 13.2. The number of aliphatic hydroxyl groups is 1. The zero-order valence-corrected chi connectivity index (χ0v) is 14.3. The summed E-state index contributed by atoms with van der Waals surface area (Å²) in [7, 11) is 1.49. The molecule has 0 spiro atoms. The van der Waals surface area contributed by atoms with Crippen LogP contribution in [0.2, 0.25) is 0 Å². The van der Waals surface area contributed by atoms with E-state index >= 15 is 0 Å². The number of benzene rings is 2. The van der Waals surface area contributed by atoms with E-state index in [9.17, 15) is 23.1 Å². The highest BCUT2D eigenvalue weighted by Crippen LogP contribution is 2.34. The molecule has 1 N–H and O–H groups in total. The summed E-state index contributed by atoms with van der Waals surface area (Å²) in [6.45, 7) is 0.829. The molecule has 3 rings (SSSR count). The van der Waals surface area contributed by atoms with Crippen molar-refractivity contribution in [3.8, 4) is 0 Å². The Labute approximate surface area is 149 Å². The first-order valence-electron chi connectivity index (χ1n) is 8.35. The molecule has 0 aromatic heterocycles. The number of rotatable bonds is 3. The van der Waals surface area contributed by atoms with Crippen LogP contribution in [-0.2, 0) is 10.9 Å². The van der Waals surface area contributed by atoms with E-state index in [4.69, 9.17) is 4.74 Å². The number of ether oxygens (including phenoxy) is 1. The van der Waals surface area contributed by atoms with Crippen LogP contribution in [0.1, 0.15) is 28.8 Å². The molecule has 0 saturated carbocycles. The highest BCUT2D eigenvalue weighted by Gasteiger charge is 2.35. The molecule has 1 heterocycles. The van der Waals surface area contributed by atoms with Gasteiger partial charge in [-0.25, -0.2) is 0 Å². The van der Waals surface area contributed by atoms with E-state index in [2.05, 4.69) is 0 Å². The summed E-state index contributed by atoms with van der Waals surface area (Å²) in [4.78, 5) is 14.2. The molecule has 2 aromatic carbocycles. The van der Waals surface area contributed by atoms with Crippen LogP contribution in [0.25, 0.3) is 10.8 Å². The molecule has 1 saturated heterocycles. The summed E-state index contributed by atoms with van der Waals surface area (Å²) in [5.74, 6) is -0.549. The summed E-state index contributed by atoms with van der Waals surface area (Å²) < 4.78 is 44.9. The number of likely N-dealkylation sites (N-methyl/N-ethyl adjacent to an activating group) is 1. The van der Waals surface area contributed by atoms with Gasteiger partial charge in [-0.15, -0.1) is 0 Å². The minimum Gasteiger partial charge on any atom is -0.388 e. The van der Waals surface area contributed by atoms with Crippen LogP contribution in [0.5, 0.6) is 0 Å². The predicted molar refractivity (Wildman–Crippen MR) is 90.9 cm³/mol. The molecule has 2 aromatic rings. The summed E-state index contributed by atoms with van der Waals surface area (Å²) in [6.07, 6.45) is -3.78. The number of hydrogen-bond donors (Lipinski definition) is 1. The smallest absolute Gasteiger partial charge is 0.388 e. The third kappa shape index (κ3) is 3.83. The van der Waals surface area contributed by atoms with Crippen LogP contribution < -0.4 is 0 Å². The Balaban J connectivity index is 1.96. The molecule has 0 radical (unpaired) electrons. The lowest BCUT2D eigenvalue weighted by Gasteiger charge is -2.35. The summed E-state index contributed by atoms with van der Waals surface area (Å²) in [5, 5.41) is 11.4. The number of nitrogens with zero attached hydrogens (tertiary/aromatic N) is 1. The number of carbonyl (C=O) groups is 1. The van der Waals surface area contributed by atoms with Crippen LogP contribution in [-0.4, -0.2) is 48.3 Å². The Morgan fingerprint density at radius 1 is 1.23 bits per heavy atom. The fourth-order valence-corrected chi connectivity index (χ4v) is 3.28. The largest absolute Gasteiger partial charge is 0.416 e. The van der Waals surface area contributed by atoms with Crippen LogP contribution in [0.3, 0.4) is 0 Å². The van der Waals surface area contributed by atoms with Crippen LogP contribution >= 0.6 is 0 Å². The van der Waals surface area contributed by atoms with Crippen molar-refractivity contribution in [3.05, 3.63) is 47.5 Å². The molecule has 0 unspecified atom stereocenters. The first-order chi connectivity index (χ1) is 12.2. The fraction of sp³-hybridized carbons (Fsp3) is 0.421. The van der Waals surface area contributed by atoms with Gasteiger partial charge in [0.05, 0.1) is 11.2 Å². The lowest BCUT2D eigenvalue weighted by molar-refractivity contribution is -0.137. The minimum absolute atomic E-state index is 0.0198. The Bertz CT molecular complexity index is 813. The van der Waals surface area contributed by atoms with Gasteiger partial charge >= 0.3 is 6.18 Å². The maximum Gasteiger partial charge on any atom is 0.416 e. The predicted octanol–water partition coefficient (Wildman–Crippen LogP) is 3.47. The molecule has 1 amide bonds. The second kappa shape index (κ2) is 6.89. The average Bonchev–Trinajstić information content (AvgIpc) is 2.59. The highest BCUT2D eigenvalue weighted by molar-refractivity contribution is 6.07. The standard InChI is InChI=1S/C19H20F3NO3/c1-23(12-18(25)6-8-26-9-7-18)17(24)16-11-14(19(20,21)22)10-13-4-2-3-5-15(13)16/h2-5,10-11,25H,6-9,12H2,1H3. The molecule has 7 heteroatoms. The quantitative estimate of drug-likeness (QED) is 0.904. The lowest BCUT2D eigenvalue weighted by atomic mass is 9.93. The van der Waals surface area contributed by atoms with E-state index in [-0.39, 0.29) is 12.1 Å². The minimum atomic E-state index is -4.55. The third-order valence-electron chi connectivity index (χ3n) is 4.72. The number of alkyl halides is 3. The highest BCUT2D eigenvalue weighted by atomic mass is 19.4. The van der Waals surface area contributed by atoms with Gasteiger partial charge in [0.25, 0.3) is 5.91 Å². The fourth-order valence-electron chi connectivity index (χ4n) is 3.28. The van der Waals surface area contributed by atoms with Gasteiger partial charge in [0, 0.05) is 45.2 Å². The van der Waals surface area contributed by atoms with Crippen molar-refractivity contribution in [3.63, 3.8) is 0 Å². The molecule has 26 heavy (non-hydrogen) atoms. The van der Waals surface area contributed by atoms with Crippen molar-refractivity contribution in [1.82, 2.24) is 4.90 Å². The SMILES string of the molecule is CN(CC1(O)CCOCC1)C(=O)c1cc(C(F)(F)F)cc2ccccc12. The van der Waals surface area contributed by atoms with Crippen molar-refractivity contribution in [1.29, 1.82) is 0 Å². The van der Waals surface area contributed by atoms with E-state index in [1.807, 2.05) is 0 Å². The zero-order chi connectivity index (χ0) is 18.9. The maximum absolute atomic E-state index is 13.2. The molecular formula is C19H20F3NO3. The first-order valence-corrected chi connectivity index (χ1v) is 8.35. The van der Waals surface area contributed by atoms with Crippen molar-refractivity contribution in [2.24, 2.45) is 0 Å². The molecule has 0 aliphatic carbocycles. The van der Waals surface area contributed by atoms with Gasteiger partial charge in [0.2, 0.25) is 0 Å². The van der Waals surface area contributed by atoms with Gasteiger partial charge in [0.1, 0.15) is 0 Å². The van der Waals surface area contributed by atoms with Crippen molar-refractivity contribution < 1.29 is 27.8 Å². The van der Waals surface area contributed by atoms with Crippen molar-refractivity contribution in [2.45, 2.75) is 24.6 Å². The van der Waals surface area contributed by atoms with E-state index in [0.29, 0.717) is 36.8 Å². The summed E-state index contributed by atoms with van der Waals surface area (Å²) in [6, 6.07) is 8.41. The van der Waals surface area contributed by atoms with Gasteiger partial charge in [0.15, 0.2) is 0 Å². The second-order valence-electron chi connectivity index (χ2n) is 6.74. The molecule has 1 aliphatic rings. The van der Waals surface area contributed by atoms with Gasteiger partial charge in [-0.2, -0.15) is 13.2 Å². The number of hydrogen-bond acceptors (Lipinski definition) is 3. The monoisotopic (exact) mass is 367 g/mol. The van der Waals surface area contributed by atoms with Gasteiger partial charge in [-0.1, -0.05) is 24.3 Å². The first kappa shape index (κ1) is 18.7. The van der Waals surface area contributed by atoms with Gasteiger partial charge < -0.3 is 14.7 Å². The Kier molecular flexibility index (Phi) is 4.94. The molecule has 1 aliphatic heterocycles. The van der Waals surface area contributed by atoms with Crippen molar-refractivity contribution >= 4 is 16.7 Å². The molecule has 140 valence electrons. The van der Waals surface area contributed by atoms with E-state index in [1.165, 1.54) is 11.9 Å². The van der Waals surface area contributed by atoms with E-state index in [1.54, 1.807) is 24.3 Å². The topological polar surface area (TPSA) is 49.8 Å². The number of carbonyl (C=O) groups excluding carboxylic acids is 1. The number of halogens is 3. The van der Waals surface area contributed by atoms with Crippen molar-refractivity contribution in [2.75, 3.05) is 26.8 Å². The molecule has 0 atom stereocenters. The molecular weight excluding hydrogens is 347 g/mol. The van der Waals surface area contributed by atoms with Crippen LogP contribution in [0, 0.1) is 0 Å². The summed E-state index contributed by atoms with van der Waals surface area (Å²) >= 11 is 0. The normalized spacial score (nSPS) is 17.3. The third-order valence-corrected chi connectivity index (χ3v) is 4.72. The van der Waals surface area contributed by atoms with Gasteiger partial charge in [-0.05, 0) is 22.9 Å². The van der Waals surface area contributed by atoms with Gasteiger partial charge in [-0.3, -0.25) is 4.79 Å². The lowest BCUT2D eigenvalue weighted by Crippen LogP contribution is -2.47. The van der Waals surface area contributed by atoms with Crippen LogP contribution in [0.4, 0.5) is 13.2 Å². The Morgan fingerprint density at radius 2 is 1.88 bits per heavy atom. The van der Waals surface area contributed by atoms with Crippen LogP contribution in [0.15, 0.2) is 36.4 Å². The average molecular weight is 367 g/mol. The summed E-state index contributed by atoms with van der Waals surface area (Å²) in [5.41, 5.74) is -1.97. The molecule has 0 bridgehead atoms. The molecule has 4 nitrogen and oxygen atoms in total. The molecule has 1 fully saturated rings. The Hall–Kier alpha value is -2.12. The Morgan fingerprint density at radius 3 is 2.54 bits per heavy atom. The van der Waals surface area contributed by atoms with E-state index in [0.717, 1.165) is 12.1 Å². The zero-order valence-electron chi connectivity index (χ0n) is 14.3.